The zero-order chi connectivity index (χ0) is 9.61. The van der Waals surface area contributed by atoms with Crippen LogP contribution in [-0.4, -0.2) is 82.7 Å². The van der Waals surface area contributed by atoms with Gasteiger partial charge in [0.05, 0.1) is 12.4 Å². The molecule has 0 unspecified atom stereocenters. The Hall–Kier alpha value is 1.02. The number of rotatable bonds is 5. The van der Waals surface area contributed by atoms with Crippen LogP contribution in [0, 0.1) is 0 Å². The second kappa shape index (κ2) is 8.34. The molecule has 0 rings (SSSR count). The van der Waals surface area contributed by atoms with Gasteiger partial charge in [-0.1, -0.05) is 0 Å². The molecule has 0 bridgehead atoms. The van der Waals surface area contributed by atoms with Gasteiger partial charge < -0.3 is 4.74 Å². The van der Waals surface area contributed by atoms with Crippen molar-refractivity contribution >= 4 is 67.5 Å². The van der Waals surface area contributed by atoms with Gasteiger partial charge in [0.15, 0.2) is 0 Å². The van der Waals surface area contributed by atoms with Crippen molar-refractivity contribution in [3.05, 3.63) is 0 Å². The third-order valence-electron chi connectivity index (χ3n) is 1.10. The molecule has 0 aliphatic rings. The minimum absolute atomic E-state index is 0. The fourth-order valence-electron chi connectivity index (χ4n) is 0.602. The summed E-state index contributed by atoms with van der Waals surface area (Å²) in [5, 5.41) is 0. The second-order valence-electron chi connectivity index (χ2n) is 2.33. The SMILES string of the molecule is CC(=O)OCCCCS(=O)(=O)O.[K]. The van der Waals surface area contributed by atoms with Crippen LogP contribution < -0.4 is 0 Å². The van der Waals surface area contributed by atoms with E-state index in [1.54, 1.807) is 0 Å². The van der Waals surface area contributed by atoms with Crippen molar-refractivity contribution in [2.75, 3.05) is 12.4 Å². The van der Waals surface area contributed by atoms with Crippen molar-refractivity contribution in [2.24, 2.45) is 0 Å². The number of unbranched alkanes of at least 4 members (excludes halogenated alkanes) is 1. The van der Waals surface area contributed by atoms with E-state index in [0.29, 0.717) is 12.8 Å². The first-order valence-electron chi connectivity index (χ1n) is 3.50. The van der Waals surface area contributed by atoms with Gasteiger partial charge in [-0.2, -0.15) is 8.42 Å². The number of carbonyl (C=O) groups is 1. The van der Waals surface area contributed by atoms with Crippen molar-refractivity contribution in [3.63, 3.8) is 0 Å². The summed E-state index contributed by atoms with van der Waals surface area (Å²) in [5.74, 6) is -0.671. The molecule has 0 aliphatic carbocycles. The van der Waals surface area contributed by atoms with Gasteiger partial charge in [0.1, 0.15) is 0 Å². The van der Waals surface area contributed by atoms with Crippen LogP contribution >= 0.6 is 0 Å². The van der Waals surface area contributed by atoms with Gasteiger partial charge in [-0.3, -0.25) is 9.35 Å². The van der Waals surface area contributed by atoms with Crippen LogP contribution in [0.25, 0.3) is 0 Å². The minimum atomic E-state index is -3.87. The van der Waals surface area contributed by atoms with Crippen LogP contribution in [0.2, 0.25) is 0 Å². The third kappa shape index (κ3) is 15.7. The first-order chi connectivity index (χ1) is 5.42. The Morgan fingerprint density at radius 1 is 1.38 bits per heavy atom. The van der Waals surface area contributed by atoms with Crippen LogP contribution in [0.1, 0.15) is 19.8 Å². The molecule has 0 heterocycles. The molecule has 0 aromatic carbocycles. The average molecular weight is 235 g/mol. The molecular weight excluding hydrogens is 223 g/mol. The van der Waals surface area contributed by atoms with E-state index in [1.807, 2.05) is 0 Å². The van der Waals surface area contributed by atoms with Crippen LogP contribution in [0.5, 0.6) is 0 Å². The fourth-order valence-corrected chi connectivity index (χ4v) is 1.17. The molecule has 0 saturated heterocycles. The van der Waals surface area contributed by atoms with Crippen LogP contribution in [0.3, 0.4) is 0 Å². The molecule has 1 radical (unpaired) electrons. The summed E-state index contributed by atoms with van der Waals surface area (Å²) in [5.41, 5.74) is 0. The summed E-state index contributed by atoms with van der Waals surface area (Å²) >= 11 is 0. The summed E-state index contributed by atoms with van der Waals surface area (Å²) in [6.07, 6.45) is 0.742. The molecule has 0 spiro atoms. The maximum absolute atomic E-state index is 10.2. The van der Waals surface area contributed by atoms with Crippen molar-refractivity contribution in [2.45, 2.75) is 19.8 Å². The van der Waals surface area contributed by atoms with E-state index in [4.69, 9.17) is 4.55 Å². The number of ether oxygens (including phenoxy) is 1. The van der Waals surface area contributed by atoms with Gasteiger partial charge in [0.2, 0.25) is 0 Å². The predicted molar refractivity (Wildman–Crippen MR) is 48.0 cm³/mol. The van der Waals surface area contributed by atoms with Gasteiger partial charge >= 0.3 is 5.97 Å². The zero-order valence-corrected chi connectivity index (χ0v) is 11.8. The van der Waals surface area contributed by atoms with E-state index in [0.717, 1.165) is 0 Å². The Bertz CT molecular complexity index is 235. The zero-order valence-electron chi connectivity index (χ0n) is 7.82. The molecule has 13 heavy (non-hydrogen) atoms. The Labute approximate surface area is 120 Å². The summed E-state index contributed by atoms with van der Waals surface area (Å²) in [7, 11) is -3.87. The Balaban J connectivity index is 0. The summed E-state index contributed by atoms with van der Waals surface area (Å²) in [4.78, 5) is 10.2. The minimum Gasteiger partial charge on any atom is -0.466 e. The number of carbonyl (C=O) groups excluding carboxylic acids is 1. The molecule has 0 saturated carbocycles. The van der Waals surface area contributed by atoms with Crippen molar-refractivity contribution in [1.82, 2.24) is 0 Å². The van der Waals surface area contributed by atoms with Crippen molar-refractivity contribution in [1.29, 1.82) is 0 Å². The molecule has 7 heteroatoms. The van der Waals surface area contributed by atoms with Gasteiger partial charge in [-0.05, 0) is 12.8 Å². The van der Waals surface area contributed by atoms with E-state index in [1.165, 1.54) is 6.92 Å². The third-order valence-corrected chi connectivity index (χ3v) is 1.91. The summed E-state index contributed by atoms with van der Waals surface area (Å²) in [6, 6.07) is 0. The van der Waals surface area contributed by atoms with Crippen molar-refractivity contribution in [3.8, 4) is 0 Å². The second-order valence-corrected chi connectivity index (χ2v) is 3.91. The first kappa shape index (κ1) is 16.4. The monoisotopic (exact) mass is 235 g/mol. The maximum atomic E-state index is 10.2. The molecule has 0 aromatic heterocycles. The van der Waals surface area contributed by atoms with E-state index in [9.17, 15) is 13.2 Å². The molecule has 0 atom stereocenters. The number of hydrogen-bond acceptors (Lipinski definition) is 4. The molecule has 1 N–H and O–H groups in total. The molecule has 0 amide bonds. The van der Waals surface area contributed by atoms with Gasteiger partial charge in [-0.15, -0.1) is 0 Å². The molecule has 0 aromatic rings. The van der Waals surface area contributed by atoms with Crippen LogP contribution in [0.4, 0.5) is 0 Å². The van der Waals surface area contributed by atoms with E-state index in [2.05, 4.69) is 4.74 Å². The standard InChI is InChI=1S/C6H12O5S.K/c1-6(7)11-4-2-3-5-12(8,9)10;/h2-5H2,1H3,(H,8,9,10);. The quantitative estimate of drug-likeness (QED) is 0.310. The normalized spacial score (nSPS) is 10.3. The fraction of sp³-hybridized carbons (Fsp3) is 0.833. The summed E-state index contributed by atoms with van der Waals surface area (Å²) in [6.45, 7) is 1.48. The van der Waals surface area contributed by atoms with Crippen molar-refractivity contribution < 1.29 is 22.5 Å². The number of esters is 1. The Kier molecular flexibility index (Phi) is 10.5. The number of hydrogen-bond donors (Lipinski definition) is 1. The van der Waals surface area contributed by atoms with E-state index in [-0.39, 0.29) is 69.7 Å². The Morgan fingerprint density at radius 3 is 2.31 bits per heavy atom. The van der Waals surface area contributed by atoms with Gasteiger partial charge in [0.25, 0.3) is 10.1 Å². The predicted octanol–water partition coefficient (Wildman–Crippen LogP) is -0.163. The van der Waals surface area contributed by atoms with Gasteiger partial charge in [0, 0.05) is 58.3 Å². The first-order valence-corrected chi connectivity index (χ1v) is 5.11. The Morgan fingerprint density at radius 2 is 1.92 bits per heavy atom. The average Bonchev–Trinajstić information content (AvgIpc) is 1.83. The van der Waals surface area contributed by atoms with Crippen LogP contribution in [-0.2, 0) is 19.6 Å². The molecule has 73 valence electrons. The van der Waals surface area contributed by atoms with Crippen LogP contribution in [0.15, 0.2) is 0 Å². The molecular formula is C6H12KO5S. The molecule has 0 aliphatic heterocycles. The van der Waals surface area contributed by atoms with E-state index >= 15 is 0 Å². The van der Waals surface area contributed by atoms with Gasteiger partial charge in [-0.25, -0.2) is 0 Å². The summed E-state index contributed by atoms with van der Waals surface area (Å²) < 4.78 is 33.2. The smallest absolute Gasteiger partial charge is 0.302 e. The molecule has 0 fully saturated rings. The topological polar surface area (TPSA) is 80.7 Å². The largest absolute Gasteiger partial charge is 0.466 e. The maximum Gasteiger partial charge on any atom is 0.302 e. The molecule has 5 nitrogen and oxygen atoms in total. The van der Waals surface area contributed by atoms with E-state index < -0.39 is 10.1 Å².